The van der Waals surface area contributed by atoms with Gasteiger partial charge in [-0.05, 0) is 67.4 Å². The van der Waals surface area contributed by atoms with Crippen molar-refractivity contribution in [2.75, 3.05) is 0 Å². The van der Waals surface area contributed by atoms with Crippen LogP contribution in [0.1, 0.15) is 16.7 Å². The van der Waals surface area contributed by atoms with Gasteiger partial charge in [0.05, 0.1) is 5.88 Å². The third-order valence-electron chi connectivity index (χ3n) is 5.59. The highest BCUT2D eigenvalue weighted by atomic mass is 35.5. The number of hydrogen-bond donors (Lipinski definition) is 2. The molecule has 2 aromatic heterocycles. The topological polar surface area (TPSA) is 102 Å². The molecule has 8 nitrogen and oxygen atoms in total. The van der Waals surface area contributed by atoms with Gasteiger partial charge >= 0.3 is 0 Å². The van der Waals surface area contributed by atoms with Crippen molar-refractivity contribution in [1.82, 2.24) is 30.0 Å². The molecule has 0 atom stereocenters. The maximum absolute atomic E-state index is 10.2. The molecule has 0 fully saturated rings. The molecule has 180 valence electrons. The first-order valence-electron chi connectivity index (χ1n) is 11.3. The van der Waals surface area contributed by atoms with E-state index >= 15 is 0 Å². The molecule has 0 amide bonds. The fraction of sp³-hybridized carbons (Fsp3) is 0.111. The van der Waals surface area contributed by atoms with Crippen LogP contribution >= 0.6 is 11.6 Å². The molecule has 2 heterocycles. The number of phenolic OH excluding ortho intramolecular Hbond substituents is 2. The van der Waals surface area contributed by atoms with Gasteiger partial charge in [0.1, 0.15) is 44.9 Å². The molecule has 6 rings (SSSR count). The Bertz CT molecular complexity index is 1630. The molecular weight excluding hydrogens is 476 g/mol. The maximum atomic E-state index is 10.2. The molecule has 6 aromatic rings. The maximum Gasteiger partial charge on any atom is 0.147 e. The average molecular weight is 499 g/mol. The van der Waals surface area contributed by atoms with Crippen LogP contribution in [-0.2, 0) is 5.88 Å². The standard InChI is InChI=1S/C14H12ClN3O.C13H11N3O/c1-9-6-10(8-15)14(19)13(7-9)18-16-11-4-2-3-5-12(11)17-18;1-9-6-7-13(17)12(8-9)16-14-10-4-2-3-5-11(10)15-16/h2-7,19H,8H2,1H3;2-8,17H,1H3. The molecule has 0 radical (unpaired) electrons. The second kappa shape index (κ2) is 9.67. The third kappa shape index (κ3) is 4.58. The SMILES string of the molecule is Cc1cc(CCl)c(O)c(-n2nc3ccccc3n2)c1.Cc1ccc(O)c(-n2nc3ccccc3n2)c1. The van der Waals surface area contributed by atoms with Gasteiger partial charge in [-0.25, -0.2) is 0 Å². The van der Waals surface area contributed by atoms with Crippen LogP contribution in [0.5, 0.6) is 11.5 Å². The summed E-state index contributed by atoms with van der Waals surface area (Å²) in [6.07, 6.45) is 0. The summed E-state index contributed by atoms with van der Waals surface area (Å²) in [6, 6.07) is 24.2. The Morgan fingerprint density at radius 3 is 1.61 bits per heavy atom. The van der Waals surface area contributed by atoms with E-state index in [9.17, 15) is 10.2 Å². The van der Waals surface area contributed by atoms with Crippen LogP contribution in [-0.4, -0.2) is 40.2 Å². The van der Waals surface area contributed by atoms with Crippen LogP contribution in [0.3, 0.4) is 0 Å². The first-order valence-corrected chi connectivity index (χ1v) is 11.8. The van der Waals surface area contributed by atoms with Crippen molar-refractivity contribution < 1.29 is 10.2 Å². The molecule has 0 bridgehead atoms. The molecule has 0 aliphatic carbocycles. The van der Waals surface area contributed by atoms with E-state index in [1.807, 2.05) is 86.6 Å². The summed E-state index contributed by atoms with van der Waals surface area (Å²) >= 11 is 5.83. The van der Waals surface area contributed by atoms with Crippen molar-refractivity contribution in [2.24, 2.45) is 0 Å². The number of aromatic nitrogens is 6. The van der Waals surface area contributed by atoms with Crippen LogP contribution in [0.4, 0.5) is 0 Å². The Balaban J connectivity index is 0.000000149. The first kappa shape index (κ1) is 23.3. The Kier molecular flexibility index (Phi) is 6.26. The molecule has 0 spiro atoms. The van der Waals surface area contributed by atoms with E-state index in [1.54, 1.807) is 6.07 Å². The highest BCUT2D eigenvalue weighted by Gasteiger charge is 2.13. The monoisotopic (exact) mass is 498 g/mol. The molecule has 2 N–H and O–H groups in total. The van der Waals surface area contributed by atoms with Gasteiger partial charge in [0, 0.05) is 5.56 Å². The highest BCUT2D eigenvalue weighted by molar-refractivity contribution is 6.17. The fourth-order valence-electron chi connectivity index (χ4n) is 3.82. The number of rotatable bonds is 3. The van der Waals surface area contributed by atoms with E-state index in [1.165, 1.54) is 9.59 Å². The Morgan fingerprint density at radius 2 is 1.11 bits per heavy atom. The first-order chi connectivity index (χ1) is 17.4. The minimum Gasteiger partial charge on any atom is -0.506 e. The van der Waals surface area contributed by atoms with Crippen LogP contribution < -0.4 is 0 Å². The summed E-state index contributed by atoms with van der Waals surface area (Å²) in [5.74, 6) is 0.554. The quantitative estimate of drug-likeness (QED) is 0.307. The lowest BCUT2D eigenvalue weighted by Crippen LogP contribution is -2.01. The van der Waals surface area contributed by atoms with Crippen molar-refractivity contribution in [3.05, 3.63) is 95.6 Å². The van der Waals surface area contributed by atoms with Crippen LogP contribution in [0, 0.1) is 13.8 Å². The summed E-state index contributed by atoms with van der Waals surface area (Å²) in [6.45, 7) is 3.91. The van der Waals surface area contributed by atoms with E-state index in [4.69, 9.17) is 11.6 Å². The molecule has 36 heavy (non-hydrogen) atoms. The van der Waals surface area contributed by atoms with Gasteiger partial charge in [0.2, 0.25) is 0 Å². The number of hydrogen-bond acceptors (Lipinski definition) is 6. The number of alkyl halides is 1. The zero-order valence-corrected chi connectivity index (χ0v) is 20.4. The average Bonchev–Trinajstić information content (AvgIpc) is 3.51. The van der Waals surface area contributed by atoms with E-state index in [2.05, 4.69) is 20.4 Å². The molecule has 0 aliphatic rings. The molecule has 0 saturated heterocycles. The Morgan fingerprint density at radius 1 is 0.639 bits per heavy atom. The number of halogens is 1. The zero-order chi connectivity index (χ0) is 25.2. The lowest BCUT2D eigenvalue weighted by atomic mass is 10.1. The number of aromatic hydroxyl groups is 2. The highest BCUT2D eigenvalue weighted by Crippen LogP contribution is 2.29. The number of benzene rings is 4. The van der Waals surface area contributed by atoms with Gasteiger partial charge in [0.25, 0.3) is 0 Å². The van der Waals surface area contributed by atoms with Crippen molar-refractivity contribution >= 4 is 33.7 Å². The van der Waals surface area contributed by atoms with E-state index < -0.39 is 0 Å². The normalized spacial score (nSPS) is 11.0. The van der Waals surface area contributed by atoms with E-state index in [-0.39, 0.29) is 17.4 Å². The Hall–Kier alpha value is -4.43. The second-order valence-corrected chi connectivity index (χ2v) is 8.64. The number of nitrogens with zero attached hydrogens (tertiary/aromatic N) is 6. The zero-order valence-electron chi connectivity index (χ0n) is 19.7. The van der Waals surface area contributed by atoms with Crippen LogP contribution in [0.2, 0.25) is 0 Å². The van der Waals surface area contributed by atoms with Gasteiger partial charge < -0.3 is 10.2 Å². The van der Waals surface area contributed by atoms with Gasteiger partial charge in [-0.2, -0.15) is 0 Å². The molecule has 0 aliphatic heterocycles. The van der Waals surface area contributed by atoms with Gasteiger partial charge in [-0.1, -0.05) is 36.4 Å². The van der Waals surface area contributed by atoms with Crippen molar-refractivity contribution in [3.63, 3.8) is 0 Å². The minimum atomic E-state index is 0.126. The van der Waals surface area contributed by atoms with E-state index in [0.29, 0.717) is 16.9 Å². The van der Waals surface area contributed by atoms with Crippen LogP contribution in [0.15, 0.2) is 78.9 Å². The smallest absolute Gasteiger partial charge is 0.147 e. The van der Waals surface area contributed by atoms with Gasteiger partial charge in [0.15, 0.2) is 0 Å². The summed E-state index contributed by atoms with van der Waals surface area (Å²) in [4.78, 5) is 2.91. The molecule has 0 unspecified atom stereocenters. The van der Waals surface area contributed by atoms with E-state index in [0.717, 1.165) is 33.2 Å². The number of fused-ring (bicyclic) bond motifs is 2. The van der Waals surface area contributed by atoms with Gasteiger partial charge in [-0.15, -0.1) is 41.6 Å². The van der Waals surface area contributed by atoms with Crippen LogP contribution in [0.25, 0.3) is 33.4 Å². The molecule has 9 heteroatoms. The fourth-order valence-corrected chi connectivity index (χ4v) is 4.02. The summed E-state index contributed by atoms with van der Waals surface area (Å²) in [5, 5.41) is 37.4. The predicted molar refractivity (Wildman–Crippen MR) is 140 cm³/mol. The Labute approximate surface area is 212 Å². The summed E-state index contributed by atoms with van der Waals surface area (Å²) in [7, 11) is 0. The van der Waals surface area contributed by atoms with Crippen molar-refractivity contribution in [1.29, 1.82) is 0 Å². The van der Waals surface area contributed by atoms with Crippen molar-refractivity contribution in [3.8, 4) is 22.9 Å². The minimum absolute atomic E-state index is 0.126. The lowest BCUT2D eigenvalue weighted by molar-refractivity contribution is 0.463. The number of aryl methyl sites for hydroxylation is 2. The third-order valence-corrected chi connectivity index (χ3v) is 5.88. The molecule has 0 saturated carbocycles. The summed E-state index contributed by atoms with van der Waals surface area (Å²) < 4.78 is 0. The largest absolute Gasteiger partial charge is 0.506 e. The van der Waals surface area contributed by atoms with Crippen molar-refractivity contribution in [2.45, 2.75) is 19.7 Å². The lowest BCUT2D eigenvalue weighted by Gasteiger charge is -2.08. The molecular formula is C27H23ClN6O2. The second-order valence-electron chi connectivity index (χ2n) is 8.37. The number of phenols is 2. The summed E-state index contributed by atoms with van der Waals surface area (Å²) in [5.41, 5.74) is 7.09. The van der Waals surface area contributed by atoms with Gasteiger partial charge in [-0.3, -0.25) is 0 Å². The predicted octanol–water partition coefficient (Wildman–Crippen LogP) is 5.61. The molecule has 4 aromatic carbocycles.